The van der Waals surface area contributed by atoms with Gasteiger partial charge in [-0.3, -0.25) is 4.98 Å². The highest BCUT2D eigenvalue weighted by atomic mass is 19.2. The molecule has 0 spiro atoms. The van der Waals surface area contributed by atoms with Crippen LogP contribution in [0.1, 0.15) is 5.56 Å². The molecule has 0 saturated heterocycles. The van der Waals surface area contributed by atoms with Crippen LogP contribution in [0.3, 0.4) is 0 Å². The zero-order chi connectivity index (χ0) is 14.8. The summed E-state index contributed by atoms with van der Waals surface area (Å²) in [6.07, 6.45) is 3.39. The lowest BCUT2D eigenvalue weighted by molar-refractivity contribution is 0.496. The molecule has 3 rings (SSSR count). The highest BCUT2D eigenvalue weighted by molar-refractivity contribution is 5.84. The monoisotopic (exact) mass is 288 g/mol. The van der Waals surface area contributed by atoms with Gasteiger partial charge >= 0.3 is 0 Å². The molecular weight excluding hydrogens is 277 g/mol. The maximum absolute atomic E-state index is 13.6. The van der Waals surface area contributed by atoms with Gasteiger partial charge in [0.15, 0.2) is 11.6 Å². The van der Waals surface area contributed by atoms with E-state index >= 15 is 0 Å². The first kappa shape index (κ1) is 13.4. The van der Waals surface area contributed by atoms with Gasteiger partial charge in [-0.05, 0) is 10.9 Å². The highest BCUT2D eigenvalue weighted by Crippen LogP contribution is 2.21. The molecule has 106 valence electrons. The molecule has 0 unspecified atom stereocenters. The summed E-state index contributed by atoms with van der Waals surface area (Å²) in [5, 5.41) is 4.70. The minimum atomic E-state index is -1.20. The maximum atomic E-state index is 13.6. The molecule has 0 amide bonds. The van der Waals surface area contributed by atoms with E-state index in [2.05, 4.69) is 10.3 Å². The quantitative estimate of drug-likeness (QED) is 0.728. The molecule has 0 radical (unpaired) electrons. The molecule has 0 fully saturated rings. The molecule has 0 saturated carbocycles. The van der Waals surface area contributed by atoms with Gasteiger partial charge in [0.25, 0.3) is 0 Å². The van der Waals surface area contributed by atoms with Crippen LogP contribution in [-0.4, -0.2) is 4.98 Å². The van der Waals surface area contributed by atoms with Crippen LogP contribution in [0.4, 0.5) is 18.9 Å². The van der Waals surface area contributed by atoms with Gasteiger partial charge in [0.2, 0.25) is 0 Å². The smallest absolute Gasteiger partial charge is 0.161 e. The molecule has 1 heterocycles. The van der Waals surface area contributed by atoms with Gasteiger partial charge in [-0.2, -0.15) is 0 Å². The minimum Gasteiger partial charge on any atom is -0.378 e. The fraction of sp³-hybridized carbons (Fsp3) is 0.0625. The normalized spacial score (nSPS) is 10.8. The van der Waals surface area contributed by atoms with E-state index in [1.165, 1.54) is 0 Å². The second kappa shape index (κ2) is 5.44. The van der Waals surface area contributed by atoms with Crippen LogP contribution in [0.25, 0.3) is 10.8 Å². The number of fused-ring (bicyclic) bond motifs is 1. The van der Waals surface area contributed by atoms with Crippen molar-refractivity contribution in [2.45, 2.75) is 6.54 Å². The number of halogens is 3. The number of nitrogens with zero attached hydrogens (tertiary/aromatic N) is 1. The van der Waals surface area contributed by atoms with Crippen molar-refractivity contribution in [3.8, 4) is 0 Å². The summed E-state index contributed by atoms with van der Waals surface area (Å²) < 4.78 is 39.6. The number of benzene rings is 2. The third-order valence-electron chi connectivity index (χ3n) is 3.23. The van der Waals surface area contributed by atoms with Crippen molar-refractivity contribution in [2.75, 3.05) is 5.32 Å². The van der Waals surface area contributed by atoms with Gasteiger partial charge < -0.3 is 5.32 Å². The lowest BCUT2D eigenvalue weighted by Crippen LogP contribution is -2.04. The Morgan fingerprint density at radius 2 is 1.67 bits per heavy atom. The summed E-state index contributed by atoms with van der Waals surface area (Å²) in [5.74, 6) is -3.12. The van der Waals surface area contributed by atoms with Gasteiger partial charge in [-0.1, -0.05) is 24.3 Å². The van der Waals surface area contributed by atoms with E-state index in [1.807, 2.05) is 24.3 Å². The number of anilines is 1. The molecule has 1 N–H and O–H groups in total. The van der Waals surface area contributed by atoms with E-state index in [1.54, 1.807) is 12.4 Å². The fourth-order valence-corrected chi connectivity index (χ4v) is 2.17. The van der Waals surface area contributed by atoms with Crippen molar-refractivity contribution in [2.24, 2.45) is 0 Å². The zero-order valence-electron chi connectivity index (χ0n) is 10.9. The maximum Gasteiger partial charge on any atom is 0.161 e. The molecule has 5 heteroatoms. The van der Waals surface area contributed by atoms with Crippen LogP contribution in [0.15, 0.2) is 48.8 Å². The third-order valence-corrected chi connectivity index (χ3v) is 3.23. The summed E-state index contributed by atoms with van der Waals surface area (Å²) in [7, 11) is 0. The molecule has 0 atom stereocenters. The summed E-state index contributed by atoms with van der Waals surface area (Å²) in [6, 6.07) is 8.97. The van der Waals surface area contributed by atoms with Crippen molar-refractivity contribution in [1.82, 2.24) is 4.98 Å². The molecule has 0 aliphatic heterocycles. The van der Waals surface area contributed by atoms with Crippen molar-refractivity contribution in [3.05, 3.63) is 71.8 Å². The highest BCUT2D eigenvalue weighted by Gasteiger charge is 2.10. The molecule has 1 aromatic heterocycles. The van der Waals surface area contributed by atoms with Crippen LogP contribution in [0, 0.1) is 17.5 Å². The van der Waals surface area contributed by atoms with Crippen molar-refractivity contribution in [1.29, 1.82) is 0 Å². The molecule has 0 aliphatic carbocycles. The number of aromatic nitrogens is 1. The van der Waals surface area contributed by atoms with E-state index in [-0.39, 0.29) is 12.2 Å². The molecule has 2 nitrogen and oxygen atoms in total. The Labute approximate surface area is 119 Å². The lowest BCUT2D eigenvalue weighted by atomic mass is 10.1. The second-order valence-electron chi connectivity index (χ2n) is 4.62. The second-order valence-corrected chi connectivity index (χ2v) is 4.62. The average molecular weight is 288 g/mol. The van der Waals surface area contributed by atoms with Gasteiger partial charge in [-0.15, -0.1) is 0 Å². The zero-order valence-corrected chi connectivity index (χ0v) is 10.9. The van der Waals surface area contributed by atoms with Crippen LogP contribution in [0.2, 0.25) is 0 Å². The van der Waals surface area contributed by atoms with Gasteiger partial charge in [-0.25, -0.2) is 13.2 Å². The number of hydrogen-bond acceptors (Lipinski definition) is 2. The van der Waals surface area contributed by atoms with E-state index < -0.39 is 17.5 Å². The largest absolute Gasteiger partial charge is 0.378 e. The Hall–Kier alpha value is -2.56. The number of hydrogen-bond donors (Lipinski definition) is 1. The van der Waals surface area contributed by atoms with Gasteiger partial charge in [0.1, 0.15) is 5.82 Å². The Balaban J connectivity index is 1.89. The predicted molar refractivity (Wildman–Crippen MR) is 75.4 cm³/mol. The Bertz CT molecular complexity index is 797. The fourth-order valence-electron chi connectivity index (χ4n) is 2.17. The van der Waals surface area contributed by atoms with E-state index in [0.717, 1.165) is 22.4 Å². The van der Waals surface area contributed by atoms with Crippen LogP contribution in [-0.2, 0) is 6.54 Å². The standard InChI is InChI=1S/C16H11F3N2/c17-13-5-15(19)16(6-14(13)18)21-9-11-8-20-7-10-3-1-2-4-12(10)11/h1-8,21H,9H2. The average Bonchev–Trinajstić information content (AvgIpc) is 2.49. The van der Waals surface area contributed by atoms with Gasteiger partial charge in [0.05, 0.1) is 5.69 Å². The molecule has 0 bridgehead atoms. The first-order chi connectivity index (χ1) is 10.1. The van der Waals surface area contributed by atoms with E-state index in [9.17, 15) is 13.2 Å². The Morgan fingerprint density at radius 3 is 2.52 bits per heavy atom. The minimum absolute atomic E-state index is 0.0816. The summed E-state index contributed by atoms with van der Waals surface area (Å²) in [6.45, 7) is 0.260. The summed E-state index contributed by atoms with van der Waals surface area (Å²) in [5.41, 5.74) is 0.763. The van der Waals surface area contributed by atoms with Gasteiger partial charge in [0, 0.05) is 36.5 Å². The topological polar surface area (TPSA) is 24.9 Å². The lowest BCUT2D eigenvalue weighted by Gasteiger charge is -2.10. The molecule has 3 aromatic rings. The SMILES string of the molecule is Fc1cc(F)c(NCc2cncc3ccccc23)cc1F. The summed E-state index contributed by atoms with van der Waals surface area (Å²) >= 11 is 0. The predicted octanol–water partition coefficient (Wildman–Crippen LogP) is 4.26. The number of rotatable bonds is 3. The molecular formula is C16H11F3N2. The van der Waals surface area contributed by atoms with E-state index in [0.29, 0.717) is 6.07 Å². The molecule has 2 aromatic carbocycles. The van der Waals surface area contributed by atoms with Crippen molar-refractivity contribution in [3.63, 3.8) is 0 Å². The Kier molecular flexibility index (Phi) is 3.48. The number of nitrogens with one attached hydrogen (secondary N) is 1. The van der Waals surface area contributed by atoms with E-state index in [4.69, 9.17) is 0 Å². The Morgan fingerprint density at radius 1 is 0.905 bits per heavy atom. The first-order valence-corrected chi connectivity index (χ1v) is 6.35. The van der Waals surface area contributed by atoms with Crippen LogP contribution >= 0.6 is 0 Å². The molecule has 21 heavy (non-hydrogen) atoms. The van der Waals surface area contributed by atoms with Crippen molar-refractivity contribution < 1.29 is 13.2 Å². The summed E-state index contributed by atoms with van der Waals surface area (Å²) in [4.78, 5) is 4.11. The molecule has 0 aliphatic rings. The number of pyridine rings is 1. The van der Waals surface area contributed by atoms with Crippen LogP contribution < -0.4 is 5.32 Å². The van der Waals surface area contributed by atoms with Crippen molar-refractivity contribution >= 4 is 16.5 Å². The van der Waals surface area contributed by atoms with Crippen LogP contribution in [0.5, 0.6) is 0 Å². The third kappa shape index (κ3) is 2.67. The first-order valence-electron chi connectivity index (χ1n) is 6.35.